The fraction of sp³-hybridized carbons (Fsp3) is 0.0952. The highest BCUT2D eigenvalue weighted by atomic mass is 16.5. The van der Waals surface area contributed by atoms with E-state index in [0.29, 0.717) is 5.56 Å². The van der Waals surface area contributed by atoms with Crippen molar-refractivity contribution in [3.8, 4) is 22.9 Å². The summed E-state index contributed by atoms with van der Waals surface area (Å²) < 4.78 is 5.26. The van der Waals surface area contributed by atoms with Crippen LogP contribution in [0.5, 0.6) is 5.75 Å². The van der Waals surface area contributed by atoms with E-state index in [0.717, 1.165) is 28.0 Å². The number of nitrogens with two attached hydrogens (primary N) is 1. The monoisotopic (exact) mass is 314 g/mol. The number of rotatable bonds is 4. The lowest BCUT2D eigenvalue weighted by Crippen LogP contribution is -2.11. The van der Waals surface area contributed by atoms with Crippen molar-refractivity contribution in [1.29, 1.82) is 5.26 Å². The molecule has 3 aromatic rings. The van der Waals surface area contributed by atoms with Crippen molar-refractivity contribution in [2.45, 2.75) is 6.04 Å². The third kappa shape index (κ3) is 3.15. The van der Waals surface area contributed by atoms with Crippen LogP contribution in [0.2, 0.25) is 0 Å². The number of hydrogen-bond donors (Lipinski definition) is 1. The minimum Gasteiger partial charge on any atom is -0.497 e. The molecule has 3 nitrogen and oxygen atoms in total. The van der Waals surface area contributed by atoms with Gasteiger partial charge in [-0.25, -0.2) is 0 Å². The minimum atomic E-state index is -0.222. The first-order chi connectivity index (χ1) is 11.7. The van der Waals surface area contributed by atoms with Gasteiger partial charge < -0.3 is 10.5 Å². The van der Waals surface area contributed by atoms with E-state index in [9.17, 15) is 5.26 Å². The summed E-state index contributed by atoms with van der Waals surface area (Å²) in [6.07, 6.45) is 0. The molecule has 0 aliphatic carbocycles. The van der Waals surface area contributed by atoms with Gasteiger partial charge in [-0.1, -0.05) is 54.6 Å². The van der Waals surface area contributed by atoms with Crippen LogP contribution in [0.4, 0.5) is 0 Å². The average molecular weight is 314 g/mol. The SMILES string of the molecule is COc1cccc(C(N)c2ccc(-c3ccccc3C#N)cc2)c1. The first-order valence-electron chi connectivity index (χ1n) is 7.72. The molecule has 24 heavy (non-hydrogen) atoms. The lowest BCUT2D eigenvalue weighted by Gasteiger charge is -2.14. The summed E-state index contributed by atoms with van der Waals surface area (Å²) in [7, 11) is 1.64. The van der Waals surface area contributed by atoms with Crippen molar-refractivity contribution in [2.75, 3.05) is 7.11 Å². The van der Waals surface area contributed by atoms with Crippen LogP contribution < -0.4 is 10.5 Å². The van der Waals surface area contributed by atoms with Crippen molar-refractivity contribution >= 4 is 0 Å². The maximum Gasteiger partial charge on any atom is 0.119 e. The fourth-order valence-corrected chi connectivity index (χ4v) is 2.73. The smallest absolute Gasteiger partial charge is 0.119 e. The first-order valence-corrected chi connectivity index (χ1v) is 7.72. The van der Waals surface area contributed by atoms with Crippen LogP contribution in [0.15, 0.2) is 72.8 Å². The summed E-state index contributed by atoms with van der Waals surface area (Å²) in [6.45, 7) is 0. The largest absolute Gasteiger partial charge is 0.497 e. The minimum absolute atomic E-state index is 0.222. The molecule has 2 N–H and O–H groups in total. The third-order valence-electron chi connectivity index (χ3n) is 4.08. The number of methoxy groups -OCH3 is 1. The Morgan fingerprint density at radius 1 is 0.917 bits per heavy atom. The molecule has 0 bridgehead atoms. The number of nitrogens with zero attached hydrogens (tertiary/aromatic N) is 1. The highest BCUT2D eigenvalue weighted by Crippen LogP contribution is 2.27. The number of hydrogen-bond acceptors (Lipinski definition) is 3. The van der Waals surface area contributed by atoms with Gasteiger partial charge in [0.1, 0.15) is 5.75 Å². The van der Waals surface area contributed by atoms with E-state index in [-0.39, 0.29) is 6.04 Å². The molecule has 0 spiro atoms. The molecule has 118 valence electrons. The van der Waals surface area contributed by atoms with E-state index in [2.05, 4.69) is 6.07 Å². The highest BCUT2D eigenvalue weighted by molar-refractivity contribution is 5.70. The van der Waals surface area contributed by atoms with Gasteiger partial charge in [-0.05, 0) is 40.5 Å². The van der Waals surface area contributed by atoms with Gasteiger partial charge in [0.05, 0.1) is 24.8 Å². The lowest BCUT2D eigenvalue weighted by atomic mass is 9.95. The lowest BCUT2D eigenvalue weighted by molar-refractivity contribution is 0.414. The predicted molar refractivity (Wildman–Crippen MR) is 95.6 cm³/mol. The Labute approximate surface area is 141 Å². The Bertz CT molecular complexity index is 879. The first kappa shape index (κ1) is 15.8. The van der Waals surface area contributed by atoms with E-state index in [4.69, 9.17) is 10.5 Å². The zero-order valence-electron chi connectivity index (χ0n) is 13.4. The molecule has 0 amide bonds. The quantitative estimate of drug-likeness (QED) is 0.782. The van der Waals surface area contributed by atoms with Gasteiger partial charge in [-0.15, -0.1) is 0 Å². The van der Waals surface area contributed by atoms with Crippen molar-refractivity contribution in [3.63, 3.8) is 0 Å². The summed E-state index contributed by atoms with van der Waals surface area (Å²) in [5.41, 5.74) is 11.0. The molecule has 0 saturated carbocycles. The normalized spacial score (nSPS) is 11.5. The van der Waals surface area contributed by atoms with Crippen molar-refractivity contribution in [1.82, 2.24) is 0 Å². The number of ether oxygens (including phenoxy) is 1. The molecule has 1 atom stereocenters. The molecule has 0 aliphatic rings. The summed E-state index contributed by atoms with van der Waals surface area (Å²) >= 11 is 0. The van der Waals surface area contributed by atoms with Crippen LogP contribution in [-0.2, 0) is 0 Å². The molecule has 3 rings (SSSR count). The molecule has 0 radical (unpaired) electrons. The summed E-state index contributed by atoms with van der Waals surface area (Å²) in [6, 6.07) is 25.4. The standard InChI is InChI=1S/C21H18N2O/c1-24-19-7-4-6-17(13-19)21(23)16-11-9-15(10-12-16)20-8-3-2-5-18(20)14-22/h2-13,21H,23H2,1H3. The average Bonchev–Trinajstić information content (AvgIpc) is 2.67. The topological polar surface area (TPSA) is 59.0 Å². The van der Waals surface area contributed by atoms with Crippen LogP contribution >= 0.6 is 0 Å². The van der Waals surface area contributed by atoms with Gasteiger partial charge in [0.15, 0.2) is 0 Å². The number of nitriles is 1. The molecule has 0 aromatic heterocycles. The van der Waals surface area contributed by atoms with E-state index in [1.54, 1.807) is 7.11 Å². The Morgan fingerprint density at radius 3 is 2.38 bits per heavy atom. The van der Waals surface area contributed by atoms with E-state index in [1.807, 2.05) is 72.8 Å². The maximum atomic E-state index is 9.24. The maximum absolute atomic E-state index is 9.24. The molecular formula is C21H18N2O. The van der Waals surface area contributed by atoms with Crippen LogP contribution in [0, 0.1) is 11.3 Å². The van der Waals surface area contributed by atoms with Crippen molar-refractivity contribution in [3.05, 3.63) is 89.5 Å². The Balaban J connectivity index is 1.90. The molecule has 0 heterocycles. The van der Waals surface area contributed by atoms with Gasteiger partial charge in [-0.2, -0.15) is 5.26 Å². The van der Waals surface area contributed by atoms with Crippen LogP contribution in [-0.4, -0.2) is 7.11 Å². The van der Waals surface area contributed by atoms with Gasteiger partial charge in [0.2, 0.25) is 0 Å². The third-order valence-corrected chi connectivity index (χ3v) is 4.08. The zero-order valence-corrected chi connectivity index (χ0v) is 13.4. The van der Waals surface area contributed by atoms with Crippen LogP contribution in [0.25, 0.3) is 11.1 Å². The Morgan fingerprint density at radius 2 is 1.67 bits per heavy atom. The van der Waals surface area contributed by atoms with Crippen molar-refractivity contribution < 1.29 is 4.74 Å². The van der Waals surface area contributed by atoms with Crippen LogP contribution in [0.1, 0.15) is 22.7 Å². The second kappa shape index (κ2) is 6.99. The van der Waals surface area contributed by atoms with E-state index in [1.165, 1.54) is 0 Å². The molecule has 0 saturated heterocycles. The molecule has 1 unspecified atom stereocenters. The molecule has 3 aromatic carbocycles. The van der Waals surface area contributed by atoms with Gasteiger partial charge >= 0.3 is 0 Å². The van der Waals surface area contributed by atoms with Gasteiger partial charge in [0.25, 0.3) is 0 Å². The second-order valence-corrected chi connectivity index (χ2v) is 5.53. The fourth-order valence-electron chi connectivity index (χ4n) is 2.73. The zero-order chi connectivity index (χ0) is 16.9. The molecule has 0 fully saturated rings. The van der Waals surface area contributed by atoms with E-state index < -0.39 is 0 Å². The summed E-state index contributed by atoms with van der Waals surface area (Å²) in [4.78, 5) is 0. The van der Waals surface area contributed by atoms with Gasteiger partial charge in [0, 0.05) is 0 Å². The van der Waals surface area contributed by atoms with Crippen molar-refractivity contribution in [2.24, 2.45) is 5.73 Å². The molecular weight excluding hydrogens is 296 g/mol. The highest BCUT2D eigenvalue weighted by Gasteiger charge is 2.11. The second-order valence-electron chi connectivity index (χ2n) is 5.53. The summed E-state index contributed by atoms with van der Waals surface area (Å²) in [5.74, 6) is 0.794. The van der Waals surface area contributed by atoms with Gasteiger partial charge in [-0.3, -0.25) is 0 Å². The molecule has 0 aliphatic heterocycles. The van der Waals surface area contributed by atoms with Crippen LogP contribution in [0.3, 0.4) is 0 Å². The predicted octanol–water partition coefficient (Wildman–Crippen LogP) is 4.28. The summed E-state index contributed by atoms with van der Waals surface area (Å²) in [5, 5.41) is 9.24. The Kier molecular flexibility index (Phi) is 4.60. The molecule has 3 heteroatoms. The van der Waals surface area contributed by atoms with E-state index >= 15 is 0 Å². The number of benzene rings is 3. The Hall–Kier alpha value is -3.09.